The maximum atomic E-state index is 12.2. The summed E-state index contributed by atoms with van der Waals surface area (Å²) in [5.41, 5.74) is 0.888. The number of rotatable bonds is 6. The first-order valence-corrected chi connectivity index (χ1v) is 7.77. The van der Waals surface area contributed by atoms with E-state index in [1.54, 1.807) is 0 Å². The summed E-state index contributed by atoms with van der Waals surface area (Å²) in [6.45, 7) is 7.56. The van der Waals surface area contributed by atoms with Crippen LogP contribution in [-0.2, 0) is 19.8 Å². The van der Waals surface area contributed by atoms with Gasteiger partial charge >= 0.3 is 5.97 Å². The van der Waals surface area contributed by atoms with Gasteiger partial charge in [0.25, 0.3) is 0 Å². The smallest absolute Gasteiger partial charge is 0.308 e. The molecule has 1 aromatic rings. The third-order valence-electron chi connectivity index (χ3n) is 4.25. The van der Waals surface area contributed by atoms with Gasteiger partial charge in [-0.25, -0.2) is 0 Å². The molecule has 21 heavy (non-hydrogen) atoms. The first-order valence-electron chi connectivity index (χ1n) is 7.77. The van der Waals surface area contributed by atoms with E-state index >= 15 is 0 Å². The van der Waals surface area contributed by atoms with Crippen molar-refractivity contribution in [3.8, 4) is 0 Å². The van der Waals surface area contributed by atoms with Gasteiger partial charge in [-0.15, -0.1) is 0 Å². The molecule has 0 N–H and O–H groups in total. The standard InChI is InChI=1S/C17H25NO3/c1-3-17(14-16(19)21-4-2,15-8-6-5-7-9-15)18-10-12-20-13-11-18/h5-9H,3-4,10-14H2,1-2H3. The molecule has 1 aromatic carbocycles. The molecular formula is C17H25NO3. The van der Waals surface area contributed by atoms with E-state index in [4.69, 9.17) is 9.47 Å². The van der Waals surface area contributed by atoms with E-state index < -0.39 is 0 Å². The third kappa shape index (κ3) is 3.63. The second-order valence-corrected chi connectivity index (χ2v) is 5.33. The molecule has 1 heterocycles. The summed E-state index contributed by atoms with van der Waals surface area (Å²) in [5, 5.41) is 0. The number of carbonyl (C=O) groups is 1. The fourth-order valence-corrected chi connectivity index (χ4v) is 3.14. The topological polar surface area (TPSA) is 38.8 Å². The van der Waals surface area contributed by atoms with Crippen molar-refractivity contribution in [1.82, 2.24) is 4.90 Å². The Labute approximate surface area is 127 Å². The van der Waals surface area contributed by atoms with Crippen LogP contribution in [0.15, 0.2) is 30.3 Å². The van der Waals surface area contributed by atoms with Gasteiger partial charge in [0.05, 0.1) is 31.8 Å². The first kappa shape index (κ1) is 16.0. The van der Waals surface area contributed by atoms with Crippen LogP contribution in [-0.4, -0.2) is 43.8 Å². The number of hydrogen-bond donors (Lipinski definition) is 0. The van der Waals surface area contributed by atoms with Crippen LogP contribution in [0.3, 0.4) is 0 Å². The van der Waals surface area contributed by atoms with Crippen LogP contribution in [0, 0.1) is 0 Å². The van der Waals surface area contributed by atoms with Crippen molar-refractivity contribution in [2.24, 2.45) is 0 Å². The fourth-order valence-electron chi connectivity index (χ4n) is 3.14. The number of benzene rings is 1. The fraction of sp³-hybridized carbons (Fsp3) is 0.588. The van der Waals surface area contributed by atoms with Gasteiger partial charge in [-0.2, -0.15) is 0 Å². The predicted molar refractivity (Wildman–Crippen MR) is 82.1 cm³/mol. The van der Waals surface area contributed by atoms with Gasteiger partial charge in [0.15, 0.2) is 0 Å². The van der Waals surface area contributed by atoms with Gasteiger partial charge in [-0.05, 0) is 18.9 Å². The largest absolute Gasteiger partial charge is 0.466 e. The minimum Gasteiger partial charge on any atom is -0.466 e. The highest BCUT2D eigenvalue weighted by atomic mass is 16.5. The Morgan fingerprint density at radius 2 is 1.90 bits per heavy atom. The lowest BCUT2D eigenvalue weighted by Gasteiger charge is -2.45. The summed E-state index contributed by atoms with van der Waals surface area (Å²) in [7, 11) is 0. The zero-order chi connectivity index (χ0) is 15.1. The summed E-state index contributed by atoms with van der Waals surface area (Å²) in [6, 6.07) is 10.3. The molecule has 1 aliphatic rings. The third-order valence-corrected chi connectivity index (χ3v) is 4.25. The van der Waals surface area contributed by atoms with Crippen molar-refractivity contribution < 1.29 is 14.3 Å². The monoisotopic (exact) mass is 291 g/mol. The van der Waals surface area contributed by atoms with E-state index in [1.807, 2.05) is 25.1 Å². The van der Waals surface area contributed by atoms with Crippen LogP contribution < -0.4 is 0 Å². The maximum Gasteiger partial charge on any atom is 0.308 e. The first-order chi connectivity index (χ1) is 10.2. The van der Waals surface area contributed by atoms with E-state index in [1.165, 1.54) is 5.56 Å². The van der Waals surface area contributed by atoms with Gasteiger partial charge < -0.3 is 9.47 Å². The second-order valence-electron chi connectivity index (χ2n) is 5.33. The molecule has 1 fully saturated rings. The van der Waals surface area contributed by atoms with Crippen LogP contribution in [0.25, 0.3) is 0 Å². The Kier molecular flexibility index (Phi) is 5.76. The number of hydrogen-bond acceptors (Lipinski definition) is 4. The normalized spacial score (nSPS) is 19.0. The molecule has 1 atom stereocenters. The summed E-state index contributed by atoms with van der Waals surface area (Å²) < 4.78 is 10.7. The number of ether oxygens (including phenoxy) is 2. The van der Waals surface area contributed by atoms with Crippen LogP contribution >= 0.6 is 0 Å². The zero-order valence-electron chi connectivity index (χ0n) is 13.0. The van der Waals surface area contributed by atoms with Crippen molar-refractivity contribution in [1.29, 1.82) is 0 Å². The highest BCUT2D eigenvalue weighted by molar-refractivity contribution is 5.71. The molecular weight excluding hydrogens is 266 g/mol. The summed E-state index contributed by atoms with van der Waals surface area (Å²) in [6.07, 6.45) is 1.26. The van der Waals surface area contributed by atoms with Crippen LogP contribution in [0.5, 0.6) is 0 Å². The van der Waals surface area contributed by atoms with E-state index in [-0.39, 0.29) is 11.5 Å². The quantitative estimate of drug-likeness (QED) is 0.755. The molecule has 0 bridgehead atoms. The Hall–Kier alpha value is -1.39. The van der Waals surface area contributed by atoms with E-state index in [0.717, 1.165) is 32.7 Å². The SMILES string of the molecule is CCOC(=O)CC(CC)(c1ccccc1)N1CCOCC1. The minimum atomic E-state index is -0.294. The molecule has 1 aliphatic heterocycles. The van der Waals surface area contributed by atoms with Crippen molar-refractivity contribution >= 4 is 5.97 Å². The maximum absolute atomic E-state index is 12.2. The predicted octanol–water partition coefficient (Wildman–Crippen LogP) is 2.58. The number of carbonyl (C=O) groups excluding carboxylic acids is 1. The van der Waals surface area contributed by atoms with E-state index in [2.05, 4.69) is 24.0 Å². The van der Waals surface area contributed by atoms with Crippen molar-refractivity contribution in [2.75, 3.05) is 32.9 Å². The summed E-state index contributed by atoms with van der Waals surface area (Å²) >= 11 is 0. The molecule has 4 heteroatoms. The Bertz CT molecular complexity index is 443. The molecule has 0 radical (unpaired) electrons. The molecule has 0 amide bonds. The Morgan fingerprint density at radius 1 is 1.24 bits per heavy atom. The van der Waals surface area contributed by atoms with Crippen LogP contribution in [0.4, 0.5) is 0 Å². The highest BCUT2D eigenvalue weighted by Gasteiger charge is 2.40. The van der Waals surface area contributed by atoms with Crippen LogP contribution in [0.1, 0.15) is 32.3 Å². The number of morpholine rings is 1. The van der Waals surface area contributed by atoms with E-state index in [9.17, 15) is 4.79 Å². The lowest BCUT2D eigenvalue weighted by molar-refractivity contribution is -0.148. The van der Waals surface area contributed by atoms with Gasteiger partial charge in [-0.1, -0.05) is 37.3 Å². The molecule has 0 saturated carbocycles. The average Bonchev–Trinajstić information content (AvgIpc) is 2.54. The number of nitrogens with zero attached hydrogens (tertiary/aromatic N) is 1. The Balaban J connectivity index is 2.32. The molecule has 1 unspecified atom stereocenters. The van der Waals surface area contributed by atoms with Crippen molar-refractivity contribution in [3.05, 3.63) is 35.9 Å². The molecule has 1 saturated heterocycles. The van der Waals surface area contributed by atoms with Gasteiger partial charge in [-0.3, -0.25) is 9.69 Å². The molecule has 0 spiro atoms. The molecule has 0 aliphatic carbocycles. The summed E-state index contributed by atoms with van der Waals surface area (Å²) in [4.78, 5) is 14.5. The Morgan fingerprint density at radius 3 is 2.48 bits per heavy atom. The minimum absolute atomic E-state index is 0.130. The van der Waals surface area contributed by atoms with Gasteiger partial charge in [0.2, 0.25) is 0 Å². The highest BCUT2D eigenvalue weighted by Crippen LogP contribution is 2.36. The molecule has 116 valence electrons. The lowest BCUT2D eigenvalue weighted by Crippen LogP contribution is -2.52. The molecule has 4 nitrogen and oxygen atoms in total. The lowest BCUT2D eigenvalue weighted by atomic mass is 9.82. The van der Waals surface area contributed by atoms with Crippen molar-refractivity contribution in [3.63, 3.8) is 0 Å². The molecule has 2 rings (SSSR count). The zero-order valence-corrected chi connectivity index (χ0v) is 13.0. The second kappa shape index (κ2) is 7.57. The van der Waals surface area contributed by atoms with Crippen molar-refractivity contribution in [2.45, 2.75) is 32.2 Å². The van der Waals surface area contributed by atoms with Crippen LogP contribution in [0.2, 0.25) is 0 Å². The van der Waals surface area contributed by atoms with Gasteiger partial charge in [0, 0.05) is 13.1 Å². The van der Waals surface area contributed by atoms with E-state index in [0.29, 0.717) is 13.0 Å². The summed E-state index contributed by atoms with van der Waals surface area (Å²) in [5.74, 6) is -0.130. The average molecular weight is 291 g/mol. The number of esters is 1. The molecule has 0 aromatic heterocycles. The van der Waals surface area contributed by atoms with Gasteiger partial charge in [0.1, 0.15) is 0 Å².